The minimum Gasteiger partial charge on any atom is -0.495 e. The molecule has 0 atom stereocenters. The monoisotopic (exact) mass is 403 g/mol. The highest BCUT2D eigenvalue weighted by Crippen LogP contribution is 2.37. The number of para-hydroxylation sites is 2. The van der Waals surface area contributed by atoms with Crippen molar-refractivity contribution in [2.45, 2.75) is 32.1 Å². The van der Waals surface area contributed by atoms with Crippen LogP contribution in [0.5, 0.6) is 5.75 Å². The largest absolute Gasteiger partial charge is 0.495 e. The Bertz CT molecular complexity index is 892. The number of rotatable bonds is 4. The average molecular weight is 404 g/mol. The molecule has 0 radical (unpaired) electrons. The van der Waals surface area contributed by atoms with Gasteiger partial charge in [0.15, 0.2) is 4.99 Å². The molecule has 8 heteroatoms. The summed E-state index contributed by atoms with van der Waals surface area (Å²) in [4.78, 5) is 25.7. The number of thiophene rings is 1. The van der Waals surface area contributed by atoms with Crippen LogP contribution in [-0.4, -0.2) is 23.9 Å². The number of nitrogens with one attached hydrogen (secondary N) is 2. The maximum absolute atomic E-state index is 12.6. The maximum atomic E-state index is 12.6. The quantitative estimate of drug-likeness (QED) is 0.537. The number of primary amides is 1. The van der Waals surface area contributed by atoms with Crippen LogP contribution in [0.15, 0.2) is 24.3 Å². The molecule has 0 saturated carbocycles. The second-order valence-electron chi connectivity index (χ2n) is 6.24. The second kappa shape index (κ2) is 8.49. The van der Waals surface area contributed by atoms with Crippen LogP contribution in [0.4, 0.5) is 10.7 Å². The van der Waals surface area contributed by atoms with E-state index in [1.165, 1.54) is 11.3 Å². The Balaban J connectivity index is 1.79. The molecular weight excluding hydrogens is 382 g/mol. The van der Waals surface area contributed by atoms with E-state index in [9.17, 15) is 9.59 Å². The van der Waals surface area contributed by atoms with Crippen molar-refractivity contribution in [2.24, 2.45) is 5.73 Å². The molecule has 0 saturated heterocycles. The Morgan fingerprint density at radius 2 is 1.89 bits per heavy atom. The number of carbonyl (C=O) groups is 2. The van der Waals surface area contributed by atoms with Crippen LogP contribution in [-0.2, 0) is 17.6 Å². The molecule has 0 aliphatic heterocycles. The second-order valence-corrected chi connectivity index (χ2v) is 7.75. The summed E-state index contributed by atoms with van der Waals surface area (Å²) in [6, 6.07) is 7.17. The van der Waals surface area contributed by atoms with Crippen molar-refractivity contribution in [1.82, 2.24) is 0 Å². The number of ether oxygens (including phenoxy) is 1. The Morgan fingerprint density at radius 1 is 1.15 bits per heavy atom. The zero-order valence-electron chi connectivity index (χ0n) is 15.0. The van der Waals surface area contributed by atoms with E-state index in [0.717, 1.165) is 42.5 Å². The van der Waals surface area contributed by atoms with Gasteiger partial charge in [0.1, 0.15) is 10.8 Å². The summed E-state index contributed by atoms with van der Waals surface area (Å²) < 4.78 is 5.25. The van der Waals surface area contributed by atoms with Crippen LogP contribution in [0.1, 0.15) is 40.1 Å². The van der Waals surface area contributed by atoms with Gasteiger partial charge in [-0.2, -0.15) is 0 Å². The molecule has 1 heterocycles. The molecule has 0 fully saturated rings. The normalized spacial score (nSPS) is 13.2. The molecule has 0 unspecified atom stereocenters. The van der Waals surface area contributed by atoms with E-state index in [-0.39, 0.29) is 4.99 Å². The van der Waals surface area contributed by atoms with Crippen LogP contribution in [0.3, 0.4) is 0 Å². The summed E-state index contributed by atoms with van der Waals surface area (Å²) in [5.74, 6) is -0.434. The summed E-state index contributed by atoms with van der Waals surface area (Å²) in [6.45, 7) is 0. The predicted octanol–water partition coefficient (Wildman–Crippen LogP) is 3.50. The number of nitrogens with two attached hydrogens (primary N) is 1. The van der Waals surface area contributed by atoms with Gasteiger partial charge >= 0.3 is 0 Å². The number of benzene rings is 1. The summed E-state index contributed by atoms with van der Waals surface area (Å²) in [6.07, 6.45) is 4.94. The molecule has 6 nitrogen and oxygen atoms in total. The van der Waals surface area contributed by atoms with Crippen molar-refractivity contribution < 1.29 is 14.3 Å². The maximum Gasteiger partial charge on any atom is 0.284 e. The topological polar surface area (TPSA) is 93.4 Å². The first-order valence-electron chi connectivity index (χ1n) is 8.71. The number of amides is 2. The molecule has 0 bridgehead atoms. The van der Waals surface area contributed by atoms with E-state index in [1.807, 2.05) is 12.1 Å². The average Bonchev–Trinajstić information content (AvgIpc) is 2.83. The fraction of sp³-hybridized carbons (Fsp3) is 0.316. The van der Waals surface area contributed by atoms with Crippen molar-refractivity contribution in [3.63, 3.8) is 0 Å². The number of carbonyl (C=O) groups excluding carboxylic acids is 2. The van der Waals surface area contributed by atoms with Gasteiger partial charge in [-0.05, 0) is 43.4 Å². The molecule has 2 amide bonds. The third-order valence-corrected chi connectivity index (χ3v) is 5.95. The molecule has 4 N–H and O–H groups in total. The molecule has 2 aromatic rings. The first-order chi connectivity index (χ1) is 13.0. The fourth-order valence-electron chi connectivity index (χ4n) is 3.18. The Morgan fingerprint density at radius 3 is 2.63 bits per heavy atom. The summed E-state index contributed by atoms with van der Waals surface area (Å²) in [5.41, 5.74) is 7.59. The highest BCUT2D eigenvalue weighted by molar-refractivity contribution is 7.82. The lowest BCUT2D eigenvalue weighted by Gasteiger charge is -2.12. The van der Waals surface area contributed by atoms with E-state index in [0.29, 0.717) is 22.0 Å². The Hall–Kier alpha value is -2.45. The first kappa shape index (κ1) is 19.3. The lowest BCUT2D eigenvalue weighted by atomic mass is 10.1. The van der Waals surface area contributed by atoms with Crippen molar-refractivity contribution in [1.29, 1.82) is 0 Å². The van der Waals surface area contributed by atoms with Crippen molar-refractivity contribution in [2.75, 3.05) is 17.7 Å². The highest BCUT2D eigenvalue weighted by Gasteiger charge is 2.25. The van der Waals surface area contributed by atoms with Gasteiger partial charge in [-0.15, -0.1) is 11.3 Å². The smallest absolute Gasteiger partial charge is 0.284 e. The number of methoxy groups -OCH3 is 1. The van der Waals surface area contributed by atoms with E-state index in [4.69, 9.17) is 22.7 Å². The van der Waals surface area contributed by atoms with Gasteiger partial charge in [-0.3, -0.25) is 9.59 Å². The first-order valence-corrected chi connectivity index (χ1v) is 9.93. The lowest BCUT2D eigenvalue weighted by Crippen LogP contribution is -2.28. The Kier molecular flexibility index (Phi) is 6.08. The van der Waals surface area contributed by atoms with Gasteiger partial charge in [0.2, 0.25) is 0 Å². The molecule has 142 valence electrons. The molecule has 1 aliphatic rings. The number of thiocarbonyl (C=S) groups is 1. The van der Waals surface area contributed by atoms with Crippen LogP contribution in [0.25, 0.3) is 0 Å². The summed E-state index contributed by atoms with van der Waals surface area (Å²) in [5, 5.41) is 6.12. The number of hydrogen-bond acceptors (Lipinski definition) is 5. The standard InChI is InChI=1S/C19H21N3O3S2/c1-25-13-9-6-5-8-12(13)21-18(26)17(24)22-19-15(16(20)23)11-7-3-2-4-10-14(11)27-19/h5-6,8-9H,2-4,7,10H2,1H3,(H2,20,23)(H,21,26)(H,22,24). The molecule has 1 aliphatic carbocycles. The molecule has 27 heavy (non-hydrogen) atoms. The van der Waals surface area contributed by atoms with Crippen LogP contribution < -0.4 is 21.1 Å². The molecule has 0 spiro atoms. The van der Waals surface area contributed by atoms with E-state index in [1.54, 1.807) is 19.2 Å². The minimum atomic E-state index is -0.520. The predicted molar refractivity (Wildman–Crippen MR) is 112 cm³/mol. The molecule has 1 aromatic carbocycles. The van der Waals surface area contributed by atoms with Gasteiger partial charge in [-0.1, -0.05) is 30.8 Å². The SMILES string of the molecule is COc1ccccc1NC(=S)C(=O)Nc1sc2c(c1C(N)=O)CCCCC2. The van der Waals surface area contributed by atoms with Crippen LogP contribution in [0, 0.1) is 0 Å². The number of hydrogen-bond donors (Lipinski definition) is 3. The van der Waals surface area contributed by atoms with Gasteiger partial charge in [0.05, 0.1) is 18.4 Å². The minimum absolute atomic E-state index is 0.0153. The zero-order chi connectivity index (χ0) is 19.4. The van der Waals surface area contributed by atoms with Crippen molar-refractivity contribution in [3.8, 4) is 5.75 Å². The molecule has 3 rings (SSSR count). The van der Waals surface area contributed by atoms with Gasteiger partial charge in [0, 0.05) is 4.88 Å². The summed E-state index contributed by atoms with van der Waals surface area (Å²) in [7, 11) is 1.54. The molecular formula is C19H21N3O3S2. The lowest BCUT2D eigenvalue weighted by molar-refractivity contribution is -0.110. The number of fused-ring (bicyclic) bond motifs is 1. The molecule has 1 aromatic heterocycles. The van der Waals surface area contributed by atoms with Crippen molar-refractivity contribution >= 4 is 51.0 Å². The van der Waals surface area contributed by atoms with E-state index < -0.39 is 11.8 Å². The zero-order valence-corrected chi connectivity index (χ0v) is 16.6. The number of anilines is 2. The van der Waals surface area contributed by atoms with Gasteiger partial charge in [0.25, 0.3) is 11.8 Å². The highest BCUT2D eigenvalue weighted by atomic mass is 32.1. The van der Waals surface area contributed by atoms with E-state index >= 15 is 0 Å². The van der Waals surface area contributed by atoms with Crippen molar-refractivity contribution in [3.05, 3.63) is 40.3 Å². The Labute approximate surface area is 167 Å². The number of aryl methyl sites for hydroxylation is 1. The van der Waals surface area contributed by atoms with Gasteiger partial charge in [-0.25, -0.2) is 0 Å². The summed E-state index contributed by atoms with van der Waals surface area (Å²) >= 11 is 6.63. The van der Waals surface area contributed by atoms with Crippen LogP contribution >= 0.6 is 23.6 Å². The van der Waals surface area contributed by atoms with Crippen LogP contribution in [0.2, 0.25) is 0 Å². The van der Waals surface area contributed by atoms with Gasteiger partial charge < -0.3 is 21.1 Å². The fourth-order valence-corrected chi connectivity index (χ4v) is 4.63. The third-order valence-electron chi connectivity index (χ3n) is 4.46. The third kappa shape index (κ3) is 4.28. The van der Waals surface area contributed by atoms with E-state index in [2.05, 4.69) is 10.6 Å².